The van der Waals surface area contributed by atoms with Crippen LogP contribution in [0.25, 0.3) is 0 Å². The molecular formula is C15H21FN2O2. The molecule has 0 atom stereocenters. The number of hydrogen-bond acceptors (Lipinski definition) is 2. The van der Waals surface area contributed by atoms with Gasteiger partial charge in [0.25, 0.3) is 0 Å². The minimum Gasteiger partial charge on any atom is -0.390 e. The topological polar surface area (TPSA) is 52.6 Å². The Bertz CT molecular complexity index is 471. The number of halogens is 1. The zero-order valence-corrected chi connectivity index (χ0v) is 11.7. The highest BCUT2D eigenvalue weighted by molar-refractivity contribution is 5.89. The lowest BCUT2D eigenvalue weighted by molar-refractivity contribution is -0.0183. The van der Waals surface area contributed by atoms with E-state index in [2.05, 4.69) is 5.32 Å². The monoisotopic (exact) mass is 280 g/mol. The number of carbonyl (C=O) groups excluding carboxylic acids is 1. The van der Waals surface area contributed by atoms with Crippen LogP contribution in [-0.4, -0.2) is 34.7 Å². The van der Waals surface area contributed by atoms with E-state index in [1.165, 1.54) is 12.1 Å². The summed E-state index contributed by atoms with van der Waals surface area (Å²) in [6.45, 7) is 3.09. The number of anilines is 1. The van der Waals surface area contributed by atoms with E-state index in [9.17, 15) is 14.3 Å². The maximum absolute atomic E-state index is 13.0. The molecule has 0 spiro atoms. The first kappa shape index (κ1) is 14.8. The summed E-state index contributed by atoms with van der Waals surface area (Å²) >= 11 is 0. The molecule has 1 saturated heterocycles. The number of rotatable bonds is 3. The van der Waals surface area contributed by atoms with Crippen molar-refractivity contribution in [3.05, 3.63) is 30.1 Å². The number of hydrogen-bond donors (Lipinski definition) is 2. The van der Waals surface area contributed by atoms with Crippen molar-refractivity contribution in [2.75, 3.05) is 18.4 Å². The highest BCUT2D eigenvalue weighted by atomic mass is 19.1. The predicted molar refractivity (Wildman–Crippen MR) is 76.1 cm³/mol. The lowest BCUT2D eigenvalue weighted by Gasteiger charge is -2.38. The fraction of sp³-hybridized carbons (Fsp3) is 0.533. The summed E-state index contributed by atoms with van der Waals surface area (Å²) in [5.41, 5.74) is -0.186. The molecule has 1 heterocycles. The Balaban J connectivity index is 1.89. The number of nitrogens with zero attached hydrogens (tertiary/aromatic N) is 1. The summed E-state index contributed by atoms with van der Waals surface area (Å²) in [7, 11) is 0. The largest absolute Gasteiger partial charge is 0.390 e. The molecule has 1 aromatic carbocycles. The van der Waals surface area contributed by atoms with Crippen LogP contribution >= 0.6 is 0 Å². The van der Waals surface area contributed by atoms with Crippen LogP contribution in [0.3, 0.4) is 0 Å². The van der Waals surface area contributed by atoms with Crippen molar-refractivity contribution in [3.63, 3.8) is 0 Å². The van der Waals surface area contributed by atoms with E-state index in [0.717, 1.165) is 12.8 Å². The number of nitrogens with one attached hydrogen (secondary N) is 1. The van der Waals surface area contributed by atoms with Crippen LogP contribution in [0.1, 0.15) is 32.6 Å². The molecule has 2 N–H and O–H groups in total. The molecule has 110 valence electrons. The van der Waals surface area contributed by atoms with Crippen molar-refractivity contribution in [1.29, 1.82) is 0 Å². The minimum absolute atomic E-state index is 0.242. The number of aliphatic hydroxyl groups is 1. The van der Waals surface area contributed by atoms with Gasteiger partial charge in [0, 0.05) is 18.8 Å². The molecule has 0 unspecified atom stereocenters. The first-order valence-electron chi connectivity index (χ1n) is 7.06. The van der Waals surface area contributed by atoms with E-state index in [4.69, 9.17) is 0 Å². The number of amides is 2. The van der Waals surface area contributed by atoms with Crippen molar-refractivity contribution in [3.8, 4) is 0 Å². The van der Waals surface area contributed by atoms with E-state index < -0.39 is 5.60 Å². The molecule has 1 fully saturated rings. The number of likely N-dealkylation sites (tertiary alicyclic amines) is 1. The SMILES string of the molecule is CCCC1(O)CCN(C(=O)Nc2cccc(F)c2)CC1. The van der Waals surface area contributed by atoms with Crippen LogP contribution in [0.15, 0.2) is 24.3 Å². The van der Waals surface area contributed by atoms with Crippen LogP contribution in [0.5, 0.6) is 0 Å². The Hall–Kier alpha value is -1.62. The van der Waals surface area contributed by atoms with E-state index in [-0.39, 0.29) is 11.8 Å². The van der Waals surface area contributed by atoms with Gasteiger partial charge in [-0.3, -0.25) is 0 Å². The zero-order chi connectivity index (χ0) is 14.6. The first-order valence-corrected chi connectivity index (χ1v) is 7.06. The summed E-state index contributed by atoms with van der Waals surface area (Å²) in [6, 6.07) is 5.59. The van der Waals surface area contributed by atoms with Gasteiger partial charge in [0.1, 0.15) is 5.82 Å². The van der Waals surface area contributed by atoms with Crippen molar-refractivity contribution >= 4 is 11.7 Å². The third kappa shape index (κ3) is 3.70. The summed E-state index contributed by atoms with van der Waals surface area (Å²) < 4.78 is 13.0. The first-order chi connectivity index (χ1) is 9.52. The maximum Gasteiger partial charge on any atom is 0.321 e. The summed E-state index contributed by atoms with van der Waals surface area (Å²) in [4.78, 5) is 13.7. The average molecular weight is 280 g/mol. The quantitative estimate of drug-likeness (QED) is 0.894. The van der Waals surface area contributed by atoms with Gasteiger partial charge in [0.05, 0.1) is 5.60 Å². The predicted octanol–water partition coefficient (Wildman–Crippen LogP) is 2.98. The number of piperidine rings is 1. The Morgan fingerprint density at radius 1 is 1.45 bits per heavy atom. The van der Waals surface area contributed by atoms with Crippen LogP contribution in [0.4, 0.5) is 14.9 Å². The smallest absolute Gasteiger partial charge is 0.321 e. The normalized spacial score (nSPS) is 17.9. The second-order valence-corrected chi connectivity index (χ2v) is 5.40. The second-order valence-electron chi connectivity index (χ2n) is 5.40. The molecule has 2 amide bonds. The Morgan fingerprint density at radius 3 is 2.75 bits per heavy atom. The van der Waals surface area contributed by atoms with E-state index >= 15 is 0 Å². The van der Waals surface area contributed by atoms with Gasteiger partial charge in [-0.15, -0.1) is 0 Å². The van der Waals surface area contributed by atoms with Crippen LogP contribution in [0.2, 0.25) is 0 Å². The third-order valence-electron chi connectivity index (χ3n) is 3.77. The highest BCUT2D eigenvalue weighted by Gasteiger charge is 2.32. The lowest BCUT2D eigenvalue weighted by Crippen LogP contribution is -2.47. The molecule has 2 rings (SSSR count). The maximum atomic E-state index is 13.0. The van der Waals surface area contributed by atoms with E-state index in [0.29, 0.717) is 31.6 Å². The molecule has 0 saturated carbocycles. The molecule has 0 radical (unpaired) electrons. The van der Waals surface area contributed by atoms with Crippen LogP contribution in [0, 0.1) is 5.82 Å². The lowest BCUT2D eigenvalue weighted by atomic mass is 9.87. The molecule has 4 nitrogen and oxygen atoms in total. The molecule has 1 aromatic rings. The Morgan fingerprint density at radius 2 is 2.15 bits per heavy atom. The highest BCUT2D eigenvalue weighted by Crippen LogP contribution is 2.27. The van der Waals surface area contributed by atoms with Crippen molar-refractivity contribution in [2.45, 2.75) is 38.2 Å². The standard InChI is InChI=1S/C15H21FN2O2/c1-2-6-15(20)7-9-18(10-8-15)14(19)17-13-5-3-4-12(16)11-13/h3-5,11,20H,2,6-10H2,1H3,(H,17,19). The third-order valence-corrected chi connectivity index (χ3v) is 3.77. The van der Waals surface area contributed by atoms with Crippen LogP contribution < -0.4 is 5.32 Å². The molecule has 5 heteroatoms. The second kappa shape index (κ2) is 6.22. The van der Waals surface area contributed by atoms with Gasteiger partial charge >= 0.3 is 6.03 Å². The van der Waals surface area contributed by atoms with E-state index in [1.54, 1.807) is 17.0 Å². The van der Waals surface area contributed by atoms with Crippen molar-refractivity contribution in [2.24, 2.45) is 0 Å². The fourth-order valence-electron chi connectivity index (χ4n) is 2.61. The number of benzene rings is 1. The van der Waals surface area contributed by atoms with Crippen molar-refractivity contribution in [1.82, 2.24) is 4.90 Å². The van der Waals surface area contributed by atoms with Gasteiger partial charge in [0.2, 0.25) is 0 Å². The fourth-order valence-corrected chi connectivity index (χ4v) is 2.61. The zero-order valence-electron chi connectivity index (χ0n) is 11.7. The molecular weight excluding hydrogens is 259 g/mol. The molecule has 0 aliphatic carbocycles. The molecule has 1 aliphatic rings. The Kier molecular flexibility index (Phi) is 4.60. The van der Waals surface area contributed by atoms with Gasteiger partial charge < -0.3 is 15.3 Å². The van der Waals surface area contributed by atoms with Gasteiger partial charge in [-0.05, 0) is 37.5 Å². The van der Waals surface area contributed by atoms with Crippen LogP contribution in [-0.2, 0) is 0 Å². The minimum atomic E-state index is -0.635. The molecule has 1 aliphatic heterocycles. The van der Waals surface area contributed by atoms with Gasteiger partial charge in [-0.2, -0.15) is 0 Å². The van der Waals surface area contributed by atoms with Gasteiger partial charge in [-0.25, -0.2) is 9.18 Å². The summed E-state index contributed by atoms with van der Waals surface area (Å²) in [6.07, 6.45) is 2.90. The summed E-state index contributed by atoms with van der Waals surface area (Å²) in [5, 5.41) is 13.0. The number of carbonyl (C=O) groups is 1. The van der Waals surface area contributed by atoms with Gasteiger partial charge in [0.15, 0.2) is 0 Å². The van der Waals surface area contributed by atoms with E-state index in [1.807, 2.05) is 6.92 Å². The molecule has 0 bridgehead atoms. The number of urea groups is 1. The molecule has 0 aromatic heterocycles. The average Bonchev–Trinajstić information content (AvgIpc) is 2.39. The van der Waals surface area contributed by atoms with Crippen molar-refractivity contribution < 1.29 is 14.3 Å². The Labute approximate surface area is 118 Å². The van der Waals surface area contributed by atoms with Gasteiger partial charge in [-0.1, -0.05) is 19.4 Å². The molecule has 20 heavy (non-hydrogen) atoms. The summed E-state index contributed by atoms with van der Waals surface area (Å²) in [5.74, 6) is -0.376.